The number of nitrogens with zero attached hydrogens (tertiary/aromatic N) is 2. The number of nitrogen functional groups attached to an aromatic ring is 1. The van der Waals surface area contributed by atoms with Crippen LogP contribution >= 0.6 is 15.9 Å². The molecule has 2 aromatic heterocycles. The van der Waals surface area contributed by atoms with Gasteiger partial charge in [0.05, 0.1) is 22.1 Å². The highest BCUT2D eigenvalue weighted by Gasteiger charge is 2.14. The molecule has 0 fully saturated rings. The van der Waals surface area contributed by atoms with E-state index in [0.29, 0.717) is 0 Å². The number of nitrogens with one attached hydrogen (secondary N) is 1. The summed E-state index contributed by atoms with van der Waals surface area (Å²) in [6.07, 6.45) is 0. The number of hydrogen-bond donors (Lipinski definition) is 2. The molecule has 0 unspecified atom stereocenters. The molecule has 13 rings (SSSR count). The van der Waals surface area contributed by atoms with Gasteiger partial charge in [0.1, 0.15) is 0 Å². The maximum absolute atomic E-state index is 5.85. The Balaban J connectivity index is 0.000000126. The number of halogens is 1. The van der Waals surface area contributed by atoms with Crippen molar-refractivity contribution in [3.05, 3.63) is 295 Å². The van der Waals surface area contributed by atoms with Gasteiger partial charge in [-0.1, -0.05) is 234 Å². The van der Waals surface area contributed by atoms with Crippen molar-refractivity contribution in [3.63, 3.8) is 0 Å². The molecule has 5 heteroatoms. The first-order chi connectivity index (χ1) is 35.5. The molecule has 72 heavy (non-hydrogen) atoms. The van der Waals surface area contributed by atoms with Crippen LogP contribution in [-0.2, 0) is 0 Å². The second-order valence-corrected chi connectivity index (χ2v) is 18.3. The van der Waals surface area contributed by atoms with Crippen molar-refractivity contribution in [2.45, 2.75) is 6.92 Å². The van der Waals surface area contributed by atoms with Gasteiger partial charge in [0, 0.05) is 65.6 Å². The molecule has 348 valence electrons. The van der Waals surface area contributed by atoms with Crippen LogP contribution in [0.25, 0.3) is 77.2 Å². The molecule has 0 atom stereocenters. The fourth-order valence-electron chi connectivity index (χ4n) is 9.23. The summed E-state index contributed by atoms with van der Waals surface area (Å²) in [4.78, 5) is 0. The molecule has 0 aliphatic rings. The Bertz CT molecular complexity index is 3850. The van der Waals surface area contributed by atoms with E-state index in [9.17, 15) is 0 Å². The van der Waals surface area contributed by atoms with E-state index in [2.05, 4.69) is 256 Å². The number of anilines is 3. The lowest BCUT2D eigenvalue weighted by Gasteiger charge is -2.13. The summed E-state index contributed by atoms with van der Waals surface area (Å²) in [6.45, 7) is 2.08. The first-order valence-electron chi connectivity index (χ1n) is 24.2. The predicted molar refractivity (Wildman–Crippen MR) is 312 cm³/mol. The zero-order chi connectivity index (χ0) is 49.1. The molecule has 0 saturated carbocycles. The van der Waals surface area contributed by atoms with Gasteiger partial charge in [-0.15, -0.1) is 0 Å². The number of fused-ring (bicyclic) bond motifs is 6. The Labute approximate surface area is 430 Å². The average molecular weight is 994 g/mol. The van der Waals surface area contributed by atoms with Crippen LogP contribution in [0.5, 0.6) is 0 Å². The minimum absolute atomic E-state index is 0.828. The molecule has 2 heterocycles. The van der Waals surface area contributed by atoms with Crippen LogP contribution in [0.1, 0.15) is 5.56 Å². The van der Waals surface area contributed by atoms with Crippen molar-refractivity contribution in [2.24, 2.45) is 0 Å². The van der Waals surface area contributed by atoms with Gasteiger partial charge in [-0.3, -0.25) is 0 Å². The number of benzene rings is 11. The molecular formula is C67H53BrN4. The topological polar surface area (TPSA) is 47.9 Å². The molecular weight excluding hydrogens is 941 g/mol. The number of hydrogen-bond acceptors (Lipinski definition) is 2. The second kappa shape index (κ2) is 22.2. The summed E-state index contributed by atoms with van der Waals surface area (Å²) in [7, 11) is 0. The van der Waals surface area contributed by atoms with Gasteiger partial charge < -0.3 is 20.2 Å². The number of nitrogens with two attached hydrogens (primary N) is 1. The van der Waals surface area contributed by atoms with E-state index in [-0.39, 0.29) is 0 Å². The van der Waals surface area contributed by atoms with Gasteiger partial charge in [-0.25, -0.2) is 0 Å². The SMILES string of the molecule is Brc1ccc2c3ccccc3n(-c3ccccc3)c2c1.Cc1ccccc1.Nc1ccccc1-c1ccccc1.c1ccc(-c2ccccc2Nc2ccc3c4ccccc4n(-c4ccccc4)c3c2)cc1. The Morgan fingerprint density at radius 3 is 1.28 bits per heavy atom. The molecule has 0 saturated heterocycles. The third-order valence-electron chi connectivity index (χ3n) is 12.6. The minimum Gasteiger partial charge on any atom is -0.398 e. The Morgan fingerprint density at radius 2 is 0.750 bits per heavy atom. The fourth-order valence-corrected chi connectivity index (χ4v) is 9.58. The van der Waals surface area contributed by atoms with Gasteiger partial charge in [0.25, 0.3) is 0 Å². The summed E-state index contributed by atoms with van der Waals surface area (Å²) in [5.74, 6) is 0. The molecule has 4 nitrogen and oxygen atoms in total. The van der Waals surface area contributed by atoms with E-state index in [1.807, 2.05) is 66.7 Å². The van der Waals surface area contributed by atoms with Gasteiger partial charge in [0.15, 0.2) is 0 Å². The van der Waals surface area contributed by atoms with E-state index in [1.165, 1.54) is 77.2 Å². The standard InChI is InChI=1S/C30H22N2.C18H12BrN.C12H11N.C7H8/c1-3-11-22(12-4-1)25-15-7-9-17-28(25)31-23-19-20-27-26-16-8-10-18-29(26)32(30(27)21-23)24-13-5-2-6-14-24;19-13-10-11-16-15-8-4-5-9-17(15)20(18(16)12-13)14-6-2-1-3-7-14;13-12-9-5-4-8-11(12)10-6-2-1-3-7-10;1-7-5-3-2-4-6-7/h1-21,31H;1-12H;1-9H,13H2;2-6H,1H3. The monoisotopic (exact) mass is 992 g/mol. The van der Waals surface area contributed by atoms with Gasteiger partial charge >= 0.3 is 0 Å². The second-order valence-electron chi connectivity index (χ2n) is 17.4. The summed E-state index contributed by atoms with van der Waals surface area (Å²) in [5, 5.41) is 8.77. The van der Waals surface area contributed by atoms with Crippen molar-refractivity contribution in [3.8, 4) is 33.6 Å². The molecule has 0 spiro atoms. The summed E-state index contributed by atoms with van der Waals surface area (Å²) in [6, 6.07) is 98.6. The van der Waals surface area contributed by atoms with Crippen LogP contribution in [0.4, 0.5) is 17.1 Å². The maximum Gasteiger partial charge on any atom is 0.0561 e. The highest BCUT2D eigenvalue weighted by atomic mass is 79.9. The summed E-state index contributed by atoms with van der Waals surface area (Å²) >= 11 is 3.58. The van der Waals surface area contributed by atoms with Gasteiger partial charge in [-0.05, 0) is 90.8 Å². The number of para-hydroxylation sites is 6. The lowest BCUT2D eigenvalue weighted by atomic mass is 10.0. The fraction of sp³-hybridized carbons (Fsp3) is 0.0149. The van der Waals surface area contributed by atoms with Crippen LogP contribution in [0.2, 0.25) is 0 Å². The van der Waals surface area contributed by atoms with Gasteiger partial charge in [0.2, 0.25) is 0 Å². The zero-order valence-electron chi connectivity index (χ0n) is 40.0. The van der Waals surface area contributed by atoms with Crippen molar-refractivity contribution >= 4 is 76.6 Å². The van der Waals surface area contributed by atoms with Gasteiger partial charge in [-0.2, -0.15) is 0 Å². The largest absolute Gasteiger partial charge is 0.398 e. The molecule has 0 aliphatic carbocycles. The first kappa shape index (κ1) is 46.8. The normalized spacial score (nSPS) is 10.7. The lowest BCUT2D eigenvalue weighted by Crippen LogP contribution is -1.96. The van der Waals surface area contributed by atoms with E-state index < -0.39 is 0 Å². The molecule has 11 aromatic carbocycles. The van der Waals surface area contributed by atoms with Crippen LogP contribution < -0.4 is 11.1 Å². The van der Waals surface area contributed by atoms with Crippen molar-refractivity contribution in [1.82, 2.24) is 9.13 Å². The maximum atomic E-state index is 5.85. The quantitative estimate of drug-likeness (QED) is 0.163. The highest BCUT2D eigenvalue weighted by molar-refractivity contribution is 9.10. The number of aryl methyl sites for hydroxylation is 1. The van der Waals surface area contributed by atoms with E-state index in [4.69, 9.17) is 5.73 Å². The van der Waals surface area contributed by atoms with E-state index in [1.54, 1.807) is 0 Å². The number of aromatic nitrogens is 2. The van der Waals surface area contributed by atoms with Crippen molar-refractivity contribution in [2.75, 3.05) is 11.1 Å². The molecule has 0 radical (unpaired) electrons. The summed E-state index contributed by atoms with van der Waals surface area (Å²) in [5.41, 5.74) is 22.1. The Hall–Kier alpha value is -8.90. The molecule has 3 N–H and O–H groups in total. The van der Waals surface area contributed by atoms with Crippen LogP contribution in [-0.4, -0.2) is 9.13 Å². The minimum atomic E-state index is 0.828. The van der Waals surface area contributed by atoms with Crippen molar-refractivity contribution in [1.29, 1.82) is 0 Å². The first-order valence-corrected chi connectivity index (χ1v) is 25.0. The molecule has 13 aromatic rings. The third kappa shape index (κ3) is 10.5. The van der Waals surface area contributed by atoms with E-state index >= 15 is 0 Å². The highest BCUT2D eigenvalue weighted by Crippen LogP contribution is 2.37. The lowest BCUT2D eigenvalue weighted by molar-refractivity contribution is 1.18. The zero-order valence-corrected chi connectivity index (χ0v) is 41.6. The molecule has 0 bridgehead atoms. The van der Waals surface area contributed by atoms with E-state index in [0.717, 1.165) is 27.1 Å². The van der Waals surface area contributed by atoms with Crippen molar-refractivity contribution < 1.29 is 0 Å². The molecule has 0 aliphatic heterocycles. The van der Waals surface area contributed by atoms with Crippen LogP contribution in [0.15, 0.2) is 290 Å². The number of rotatable bonds is 6. The smallest absolute Gasteiger partial charge is 0.0561 e. The van der Waals surface area contributed by atoms with Crippen LogP contribution in [0.3, 0.4) is 0 Å². The van der Waals surface area contributed by atoms with Crippen LogP contribution in [0, 0.1) is 6.92 Å². The Morgan fingerprint density at radius 1 is 0.347 bits per heavy atom. The predicted octanol–water partition coefficient (Wildman–Crippen LogP) is 18.7. The molecule has 0 amide bonds. The third-order valence-corrected chi connectivity index (χ3v) is 13.1. The Kier molecular flexibility index (Phi) is 14.5. The summed E-state index contributed by atoms with van der Waals surface area (Å²) < 4.78 is 5.76. The average Bonchev–Trinajstić information content (AvgIpc) is 3.95.